The smallest absolute Gasteiger partial charge is 0.322 e. The van der Waals surface area contributed by atoms with Gasteiger partial charge in [-0.2, -0.15) is 15.0 Å². The van der Waals surface area contributed by atoms with Gasteiger partial charge in [0.1, 0.15) is 0 Å². The summed E-state index contributed by atoms with van der Waals surface area (Å²) >= 11 is 6.10. The fraction of sp³-hybridized carbons (Fsp3) is 0.857. The van der Waals surface area contributed by atoms with Gasteiger partial charge in [0.25, 0.3) is 0 Å². The van der Waals surface area contributed by atoms with Crippen molar-refractivity contribution in [2.75, 3.05) is 24.6 Å². The summed E-state index contributed by atoms with van der Waals surface area (Å²) in [5, 5.41) is 0.208. The zero-order valence-electron chi connectivity index (χ0n) is 17.7. The highest BCUT2D eigenvalue weighted by molar-refractivity contribution is 6.28. The third kappa shape index (κ3) is 11.4. The van der Waals surface area contributed by atoms with E-state index in [1.807, 2.05) is 6.92 Å². The van der Waals surface area contributed by atoms with Crippen molar-refractivity contribution in [1.29, 1.82) is 0 Å². The van der Waals surface area contributed by atoms with Gasteiger partial charge in [-0.1, -0.05) is 78.1 Å². The number of aromatic nitrogens is 3. The van der Waals surface area contributed by atoms with E-state index in [9.17, 15) is 0 Å². The lowest BCUT2D eigenvalue weighted by molar-refractivity contribution is 0.311. The molecule has 0 aliphatic rings. The Hall–Kier alpha value is -1.10. The van der Waals surface area contributed by atoms with Crippen molar-refractivity contribution >= 4 is 17.5 Å². The van der Waals surface area contributed by atoms with E-state index in [0.717, 1.165) is 25.9 Å². The van der Waals surface area contributed by atoms with Crippen LogP contribution in [0.15, 0.2) is 0 Å². The molecular formula is C21H39ClN4O. The van der Waals surface area contributed by atoms with Gasteiger partial charge in [-0.05, 0) is 31.4 Å². The van der Waals surface area contributed by atoms with Gasteiger partial charge in [-0.25, -0.2) is 0 Å². The van der Waals surface area contributed by atoms with Crippen molar-refractivity contribution in [3.8, 4) is 6.01 Å². The van der Waals surface area contributed by atoms with Crippen molar-refractivity contribution in [3.05, 3.63) is 5.28 Å². The van der Waals surface area contributed by atoms with Crippen LogP contribution in [0.3, 0.4) is 0 Å². The lowest BCUT2D eigenvalue weighted by Gasteiger charge is -2.23. The van der Waals surface area contributed by atoms with E-state index in [1.165, 1.54) is 64.2 Å². The lowest BCUT2D eigenvalue weighted by atomic mass is 10.1. The van der Waals surface area contributed by atoms with E-state index in [1.54, 1.807) is 0 Å². The molecule has 0 saturated heterocycles. The largest absolute Gasteiger partial charge is 0.464 e. The van der Waals surface area contributed by atoms with E-state index in [0.29, 0.717) is 18.6 Å². The van der Waals surface area contributed by atoms with Gasteiger partial charge in [-0.3, -0.25) is 0 Å². The minimum atomic E-state index is 0.208. The Morgan fingerprint density at radius 3 is 1.74 bits per heavy atom. The molecule has 0 amide bonds. The summed E-state index contributed by atoms with van der Waals surface area (Å²) in [6.07, 6.45) is 15.3. The fourth-order valence-corrected chi connectivity index (χ4v) is 3.28. The Morgan fingerprint density at radius 1 is 0.704 bits per heavy atom. The maximum Gasteiger partial charge on any atom is 0.322 e. The molecule has 1 aromatic heterocycles. The molecule has 1 rings (SSSR count). The SMILES string of the molecule is CCCCCCCCN(CCCCCCCC)c1nc(Cl)nc(OCC)n1. The van der Waals surface area contributed by atoms with Gasteiger partial charge in [0.15, 0.2) is 0 Å². The van der Waals surface area contributed by atoms with E-state index >= 15 is 0 Å². The minimum absolute atomic E-state index is 0.208. The van der Waals surface area contributed by atoms with Crippen LogP contribution < -0.4 is 9.64 Å². The van der Waals surface area contributed by atoms with Gasteiger partial charge in [0.2, 0.25) is 11.2 Å². The average molecular weight is 399 g/mol. The van der Waals surface area contributed by atoms with Crippen LogP contribution in [0.25, 0.3) is 0 Å². The first kappa shape index (κ1) is 23.9. The molecule has 27 heavy (non-hydrogen) atoms. The second kappa shape index (κ2) is 15.9. The second-order valence-electron chi connectivity index (χ2n) is 7.14. The number of unbranched alkanes of at least 4 members (excludes halogenated alkanes) is 10. The first-order valence-corrected chi connectivity index (χ1v) is 11.4. The minimum Gasteiger partial charge on any atom is -0.464 e. The van der Waals surface area contributed by atoms with Crippen LogP contribution in [-0.2, 0) is 0 Å². The zero-order chi connectivity index (χ0) is 19.7. The van der Waals surface area contributed by atoms with Crippen molar-refractivity contribution in [3.63, 3.8) is 0 Å². The number of hydrogen-bond donors (Lipinski definition) is 0. The van der Waals surface area contributed by atoms with Crippen LogP contribution in [0.2, 0.25) is 5.28 Å². The molecule has 0 bridgehead atoms. The molecule has 0 atom stereocenters. The third-order valence-electron chi connectivity index (χ3n) is 4.70. The fourth-order valence-electron chi connectivity index (χ4n) is 3.13. The molecule has 5 nitrogen and oxygen atoms in total. The molecule has 0 aromatic carbocycles. The van der Waals surface area contributed by atoms with Crippen molar-refractivity contribution in [2.24, 2.45) is 0 Å². The van der Waals surface area contributed by atoms with E-state index in [-0.39, 0.29) is 5.28 Å². The summed E-state index contributed by atoms with van der Waals surface area (Å²) in [5.41, 5.74) is 0. The van der Waals surface area contributed by atoms with E-state index in [4.69, 9.17) is 16.3 Å². The molecule has 0 N–H and O–H groups in total. The topological polar surface area (TPSA) is 51.1 Å². The first-order valence-electron chi connectivity index (χ1n) is 11.0. The van der Waals surface area contributed by atoms with Gasteiger partial charge >= 0.3 is 6.01 Å². The predicted octanol–water partition coefficient (Wildman–Crippen LogP) is 6.45. The summed E-state index contributed by atoms with van der Waals surface area (Å²) in [6, 6.07) is 0.323. The number of nitrogens with zero attached hydrogens (tertiary/aromatic N) is 4. The third-order valence-corrected chi connectivity index (χ3v) is 4.86. The van der Waals surface area contributed by atoms with Crippen molar-refractivity contribution in [1.82, 2.24) is 15.0 Å². The monoisotopic (exact) mass is 398 g/mol. The molecular weight excluding hydrogens is 360 g/mol. The summed E-state index contributed by atoms with van der Waals surface area (Å²) in [4.78, 5) is 15.2. The number of anilines is 1. The first-order chi connectivity index (χ1) is 13.2. The van der Waals surface area contributed by atoms with Crippen LogP contribution in [-0.4, -0.2) is 34.6 Å². The quantitative estimate of drug-likeness (QED) is 0.282. The van der Waals surface area contributed by atoms with Crippen LogP contribution >= 0.6 is 11.6 Å². The Labute approximate surface area is 171 Å². The summed E-state index contributed by atoms with van der Waals surface area (Å²) in [7, 11) is 0. The molecule has 1 aromatic rings. The molecule has 0 spiro atoms. The van der Waals surface area contributed by atoms with Crippen LogP contribution in [0.5, 0.6) is 6.01 Å². The summed E-state index contributed by atoms with van der Waals surface area (Å²) < 4.78 is 5.44. The van der Waals surface area contributed by atoms with Gasteiger partial charge in [0, 0.05) is 13.1 Å². The predicted molar refractivity (Wildman–Crippen MR) is 115 cm³/mol. The number of ether oxygens (including phenoxy) is 1. The van der Waals surface area contributed by atoms with Crippen LogP contribution in [0, 0.1) is 0 Å². The van der Waals surface area contributed by atoms with Crippen molar-refractivity contribution in [2.45, 2.75) is 97.8 Å². The van der Waals surface area contributed by atoms with Crippen LogP contribution in [0.4, 0.5) is 5.95 Å². The van der Waals surface area contributed by atoms with Crippen LogP contribution in [0.1, 0.15) is 97.8 Å². The molecule has 0 aliphatic heterocycles. The van der Waals surface area contributed by atoms with Crippen molar-refractivity contribution < 1.29 is 4.74 Å². The number of halogens is 1. The number of hydrogen-bond acceptors (Lipinski definition) is 5. The Bertz CT molecular complexity index is 471. The molecule has 0 saturated carbocycles. The molecule has 1 heterocycles. The highest BCUT2D eigenvalue weighted by Gasteiger charge is 2.13. The Balaban J connectivity index is 2.58. The normalized spacial score (nSPS) is 11.0. The molecule has 6 heteroatoms. The van der Waals surface area contributed by atoms with E-state index in [2.05, 4.69) is 33.7 Å². The highest BCUT2D eigenvalue weighted by Crippen LogP contribution is 2.18. The number of rotatable bonds is 17. The highest BCUT2D eigenvalue weighted by atomic mass is 35.5. The average Bonchev–Trinajstić information content (AvgIpc) is 2.65. The molecule has 0 radical (unpaired) electrons. The van der Waals surface area contributed by atoms with Gasteiger partial charge < -0.3 is 9.64 Å². The van der Waals surface area contributed by atoms with Gasteiger partial charge in [-0.15, -0.1) is 0 Å². The van der Waals surface area contributed by atoms with E-state index < -0.39 is 0 Å². The standard InChI is InChI=1S/C21H39ClN4O/c1-4-7-9-11-13-15-17-26(18-16-14-12-10-8-5-2)20-23-19(22)24-21(25-20)27-6-3/h4-18H2,1-3H3. The summed E-state index contributed by atoms with van der Waals surface area (Å²) in [6.45, 7) is 8.88. The second-order valence-corrected chi connectivity index (χ2v) is 7.48. The Kier molecular flexibility index (Phi) is 14.1. The zero-order valence-corrected chi connectivity index (χ0v) is 18.4. The molecule has 0 unspecified atom stereocenters. The lowest BCUT2D eigenvalue weighted by Crippen LogP contribution is -2.28. The molecule has 0 fully saturated rings. The maximum absolute atomic E-state index is 6.10. The maximum atomic E-state index is 6.10. The molecule has 0 aliphatic carbocycles. The van der Waals surface area contributed by atoms with Gasteiger partial charge in [0.05, 0.1) is 6.61 Å². The Morgan fingerprint density at radius 2 is 1.22 bits per heavy atom. The summed E-state index contributed by atoms with van der Waals surface area (Å²) in [5.74, 6) is 0.653. The molecule has 156 valence electrons.